The second-order valence-electron chi connectivity index (χ2n) is 2.18. The van der Waals surface area contributed by atoms with Crippen LogP contribution in [0.15, 0.2) is 12.1 Å². The van der Waals surface area contributed by atoms with Gasteiger partial charge in [-0.25, -0.2) is 0 Å². The fourth-order valence-corrected chi connectivity index (χ4v) is 0.832. The van der Waals surface area contributed by atoms with Gasteiger partial charge in [0.05, 0.1) is 14.2 Å². The number of pyridine rings is 1. The highest BCUT2D eigenvalue weighted by Crippen LogP contribution is 2.20. The molecule has 66 valence electrons. The Bertz CT molecular complexity index is 208. The molecule has 1 N–H and O–H groups in total. The third kappa shape index (κ3) is 1.78. The van der Waals surface area contributed by atoms with E-state index in [0.717, 1.165) is 11.6 Å². The summed E-state index contributed by atoms with van der Waals surface area (Å²) in [5.41, 5.74) is 0. The average Bonchev–Trinajstić information content (AvgIpc) is 2.16. The Balaban J connectivity index is 3.01. The number of hydrogen-bond donors (Lipinski definition) is 1. The first kappa shape index (κ1) is 8.64. The average molecular weight is 168 g/mol. The zero-order valence-corrected chi connectivity index (χ0v) is 7.42. The van der Waals surface area contributed by atoms with Gasteiger partial charge in [0.25, 0.3) is 0 Å². The molecule has 0 aliphatic rings. The molecule has 0 amide bonds. The van der Waals surface area contributed by atoms with E-state index in [9.17, 15) is 0 Å². The van der Waals surface area contributed by atoms with Crippen molar-refractivity contribution in [3.63, 3.8) is 0 Å². The van der Waals surface area contributed by atoms with Gasteiger partial charge in [-0.15, -0.1) is 0 Å². The number of rotatable bonds is 3. The van der Waals surface area contributed by atoms with Gasteiger partial charge in [-0.3, -0.25) is 0 Å². The van der Waals surface area contributed by atoms with Gasteiger partial charge in [-0.2, -0.15) is 4.98 Å². The quantitative estimate of drug-likeness (QED) is 0.735. The zero-order chi connectivity index (χ0) is 8.97. The van der Waals surface area contributed by atoms with E-state index in [4.69, 9.17) is 9.47 Å². The Kier molecular flexibility index (Phi) is 2.74. The molecule has 0 unspecified atom stereocenters. The Hall–Kier alpha value is -1.45. The normalized spacial score (nSPS) is 9.25. The van der Waals surface area contributed by atoms with Gasteiger partial charge in [0, 0.05) is 19.2 Å². The fraction of sp³-hybridized carbons (Fsp3) is 0.375. The summed E-state index contributed by atoms with van der Waals surface area (Å²) >= 11 is 0. The molecule has 1 aromatic heterocycles. The first-order valence-corrected chi connectivity index (χ1v) is 3.58. The zero-order valence-electron chi connectivity index (χ0n) is 7.42. The van der Waals surface area contributed by atoms with E-state index >= 15 is 0 Å². The first-order valence-electron chi connectivity index (χ1n) is 3.58. The van der Waals surface area contributed by atoms with E-state index in [2.05, 4.69) is 10.3 Å². The highest BCUT2D eigenvalue weighted by molar-refractivity contribution is 5.44. The maximum Gasteiger partial charge on any atom is 0.218 e. The van der Waals surface area contributed by atoms with Crippen LogP contribution in [0.4, 0.5) is 5.82 Å². The molecule has 12 heavy (non-hydrogen) atoms. The summed E-state index contributed by atoms with van der Waals surface area (Å²) in [5, 5.41) is 2.91. The van der Waals surface area contributed by atoms with Crippen LogP contribution in [0.1, 0.15) is 0 Å². The van der Waals surface area contributed by atoms with Crippen molar-refractivity contribution in [1.82, 2.24) is 4.98 Å². The third-order valence-corrected chi connectivity index (χ3v) is 1.48. The van der Waals surface area contributed by atoms with Gasteiger partial charge in [0.1, 0.15) is 11.6 Å². The minimum atomic E-state index is 0.540. The van der Waals surface area contributed by atoms with Gasteiger partial charge < -0.3 is 14.8 Å². The molecule has 0 atom stereocenters. The second-order valence-corrected chi connectivity index (χ2v) is 2.18. The van der Waals surface area contributed by atoms with Gasteiger partial charge in [-0.05, 0) is 0 Å². The summed E-state index contributed by atoms with van der Waals surface area (Å²) < 4.78 is 10.0. The highest BCUT2D eigenvalue weighted by Gasteiger charge is 2.00. The van der Waals surface area contributed by atoms with Crippen LogP contribution in [0.3, 0.4) is 0 Å². The predicted molar refractivity (Wildman–Crippen MR) is 46.9 cm³/mol. The third-order valence-electron chi connectivity index (χ3n) is 1.48. The molecule has 0 aliphatic carbocycles. The number of hydrogen-bond acceptors (Lipinski definition) is 4. The van der Waals surface area contributed by atoms with Crippen LogP contribution in [-0.2, 0) is 0 Å². The van der Waals surface area contributed by atoms with E-state index in [1.54, 1.807) is 33.4 Å². The van der Waals surface area contributed by atoms with E-state index in [-0.39, 0.29) is 0 Å². The van der Waals surface area contributed by atoms with Crippen LogP contribution < -0.4 is 14.8 Å². The number of ether oxygens (including phenoxy) is 2. The van der Waals surface area contributed by atoms with Crippen LogP contribution >= 0.6 is 0 Å². The van der Waals surface area contributed by atoms with Crippen LogP contribution in [-0.4, -0.2) is 26.3 Å². The van der Waals surface area contributed by atoms with Crippen LogP contribution in [0, 0.1) is 0 Å². The number of nitrogens with one attached hydrogen (secondary N) is 1. The van der Waals surface area contributed by atoms with E-state index in [1.807, 2.05) is 0 Å². The lowest BCUT2D eigenvalue weighted by Crippen LogP contribution is -1.96. The maximum atomic E-state index is 5.04. The molecular formula is C8H12N2O2. The minimum Gasteiger partial charge on any atom is -0.496 e. The molecule has 0 spiro atoms. The van der Waals surface area contributed by atoms with Crippen LogP contribution in [0.5, 0.6) is 11.6 Å². The van der Waals surface area contributed by atoms with Gasteiger partial charge in [0.2, 0.25) is 5.88 Å². The lowest BCUT2D eigenvalue weighted by Gasteiger charge is -2.05. The SMILES string of the molecule is CNc1cc(OC)cc(OC)n1. The fourth-order valence-electron chi connectivity index (χ4n) is 0.832. The molecule has 1 heterocycles. The lowest BCUT2D eigenvalue weighted by molar-refractivity contribution is 0.383. The Morgan fingerprint density at radius 3 is 2.50 bits per heavy atom. The summed E-state index contributed by atoms with van der Waals surface area (Å²) in [6.07, 6.45) is 0. The van der Waals surface area contributed by atoms with Crippen molar-refractivity contribution >= 4 is 5.82 Å². The Morgan fingerprint density at radius 1 is 1.25 bits per heavy atom. The first-order chi connectivity index (χ1) is 5.80. The largest absolute Gasteiger partial charge is 0.496 e. The van der Waals surface area contributed by atoms with Gasteiger partial charge in [-0.1, -0.05) is 0 Å². The summed E-state index contributed by atoms with van der Waals surface area (Å²) in [4.78, 5) is 4.11. The maximum absolute atomic E-state index is 5.04. The van der Waals surface area contributed by atoms with Crippen molar-refractivity contribution in [2.45, 2.75) is 0 Å². The van der Waals surface area contributed by atoms with Crippen LogP contribution in [0.2, 0.25) is 0 Å². The lowest BCUT2D eigenvalue weighted by atomic mass is 10.4. The number of methoxy groups -OCH3 is 2. The molecular weight excluding hydrogens is 156 g/mol. The van der Waals surface area contributed by atoms with Crippen molar-refractivity contribution in [3.8, 4) is 11.6 Å². The predicted octanol–water partition coefficient (Wildman–Crippen LogP) is 1.14. The molecule has 1 rings (SSSR count). The number of anilines is 1. The molecule has 4 nitrogen and oxygen atoms in total. The summed E-state index contributed by atoms with van der Waals surface area (Å²) in [7, 11) is 4.97. The second kappa shape index (κ2) is 3.80. The molecule has 0 fully saturated rings. The van der Waals surface area contributed by atoms with Crippen molar-refractivity contribution in [3.05, 3.63) is 12.1 Å². The minimum absolute atomic E-state index is 0.540. The molecule has 0 saturated carbocycles. The summed E-state index contributed by atoms with van der Waals surface area (Å²) in [5.74, 6) is 2.00. The van der Waals surface area contributed by atoms with E-state index in [0.29, 0.717) is 5.88 Å². The molecule has 1 aromatic rings. The Labute approximate surface area is 71.5 Å². The van der Waals surface area contributed by atoms with Gasteiger partial charge in [0.15, 0.2) is 0 Å². The summed E-state index contributed by atoms with van der Waals surface area (Å²) in [6.45, 7) is 0. The topological polar surface area (TPSA) is 43.4 Å². The van der Waals surface area contributed by atoms with Crippen molar-refractivity contribution < 1.29 is 9.47 Å². The van der Waals surface area contributed by atoms with Crippen molar-refractivity contribution in [2.24, 2.45) is 0 Å². The highest BCUT2D eigenvalue weighted by atomic mass is 16.5. The molecule has 0 radical (unpaired) electrons. The van der Waals surface area contributed by atoms with Crippen molar-refractivity contribution in [2.75, 3.05) is 26.6 Å². The van der Waals surface area contributed by atoms with Crippen LogP contribution in [0.25, 0.3) is 0 Å². The smallest absolute Gasteiger partial charge is 0.218 e. The number of nitrogens with zero attached hydrogens (tertiary/aromatic N) is 1. The molecule has 0 aromatic carbocycles. The Morgan fingerprint density at radius 2 is 2.00 bits per heavy atom. The standard InChI is InChI=1S/C8H12N2O2/c1-9-7-4-6(11-2)5-8(10-7)12-3/h4-5H,1-3H3,(H,9,10). The van der Waals surface area contributed by atoms with Gasteiger partial charge >= 0.3 is 0 Å². The molecule has 0 aliphatic heterocycles. The van der Waals surface area contributed by atoms with Crippen molar-refractivity contribution in [1.29, 1.82) is 0 Å². The van der Waals surface area contributed by atoms with E-state index < -0.39 is 0 Å². The summed E-state index contributed by atoms with van der Waals surface area (Å²) in [6, 6.07) is 3.52. The molecule has 0 bridgehead atoms. The number of aromatic nitrogens is 1. The van der Waals surface area contributed by atoms with E-state index in [1.165, 1.54) is 0 Å². The monoisotopic (exact) mass is 168 g/mol. The molecule has 0 saturated heterocycles. The molecule has 4 heteroatoms.